The van der Waals surface area contributed by atoms with Gasteiger partial charge in [0.1, 0.15) is 0 Å². The van der Waals surface area contributed by atoms with Crippen LogP contribution in [0, 0.1) is 197 Å². The van der Waals surface area contributed by atoms with E-state index >= 15 is 0 Å². The van der Waals surface area contributed by atoms with E-state index in [0.29, 0.717) is 0 Å². The normalized spacial score (nSPS) is 31.3. The number of halogens is 9. The van der Waals surface area contributed by atoms with Gasteiger partial charge in [-0.05, 0) is 54.8 Å². The van der Waals surface area contributed by atoms with Crippen LogP contribution < -0.4 is 30.6 Å². The first-order chi connectivity index (χ1) is 26.2. The summed E-state index contributed by atoms with van der Waals surface area (Å²) in [7, 11) is 0. The fourth-order valence-electron chi connectivity index (χ4n) is 8.94. The van der Waals surface area contributed by atoms with Gasteiger partial charge in [0, 0.05) is 34.2 Å². The number of Topliss-reactive ketones (excluding diaryl/α,β-unsaturated/α-hetero) is 3. The Morgan fingerprint density at radius 2 is 0.460 bits per heavy atom. The first-order valence-corrected chi connectivity index (χ1v) is 17.4. The molecule has 0 heterocycles. The average Bonchev–Trinajstić information content (AvgIpc) is 3.53. The number of hydrogen-bond acceptors (Lipinski definition) is 15. The fraction of sp³-hybridized carbons (Fsp3) is 0.750. The molecule has 15 nitrogen and oxygen atoms in total. The van der Waals surface area contributed by atoms with Gasteiger partial charge in [0.2, 0.25) is 17.3 Å². The van der Waals surface area contributed by atoms with E-state index in [0.717, 1.165) is 62.3 Å². The average molecular weight is 1340 g/mol. The van der Waals surface area contributed by atoms with Gasteiger partial charge < -0.3 is 59.4 Å². The van der Waals surface area contributed by atoms with Crippen LogP contribution >= 0.6 is 0 Å². The molecule has 357 valence electrons. The predicted octanol–water partition coefficient (Wildman–Crippen LogP) is -1.71. The van der Waals surface area contributed by atoms with Crippen molar-refractivity contribution in [3.8, 4) is 0 Å². The quantitative estimate of drug-likeness (QED) is 0.184. The zero-order chi connectivity index (χ0) is 48.4. The molecule has 0 spiro atoms. The zero-order valence-corrected chi connectivity index (χ0v) is 41.7. The fourth-order valence-corrected chi connectivity index (χ4v) is 8.94. The Morgan fingerprint density at radius 3 is 0.540 bits per heavy atom. The maximum atomic E-state index is 12.7. The van der Waals surface area contributed by atoms with Crippen LogP contribution in [0.5, 0.6) is 0 Å². The molecule has 0 N–H and O–H groups in total. The second-order valence-corrected chi connectivity index (χ2v) is 17.3. The van der Waals surface area contributed by atoms with Crippen LogP contribution in [-0.4, -0.2) is 71.7 Å². The van der Waals surface area contributed by atoms with Crippen LogP contribution in [-0.2, 0) is 43.2 Å². The SMILES string of the molecule is CC1(C(=O)[O-])CCC(C(=O)[O-])(C(=O)C(F)(F)F)C1(C)C.CC1(C(=O)[O-])CCC(C(=O)[O-])(C(=O)C(F)(F)F)C1(C)C.CC1(C(=O)[O-])CCC(C(=O)[O-])(C(=O)C(F)(F)F)C1(C)C.[Eu+2].[Eu+2].[Eu+2]. The largest absolute Gasteiger partial charge is 2.00 e. The standard InChI is InChI=1S/3C12H15F3O5.3Eu/c3*1-9(2)10(3,7(17)18)4-5-11(9,8(19)20)6(16)12(13,14)15;;;/h3*4-5H2,1-3H3,(H,17,18)(H,19,20);;;/q;;;3*+2/p-6. The number of hydrogen-bond donors (Lipinski definition) is 0. The van der Waals surface area contributed by atoms with Crippen molar-refractivity contribution in [1.29, 1.82) is 0 Å². The summed E-state index contributed by atoms with van der Waals surface area (Å²) in [6.07, 6.45) is -19.7. The van der Waals surface area contributed by atoms with Crippen molar-refractivity contribution in [1.82, 2.24) is 0 Å². The number of carbonyl (C=O) groups excluding carboxylic acids is 9. The Balaban J connectivity index is -0.000000837. The first-order valence-electron chi connectivity index (χ1n) is 17.4. The van der Waals surface area contributed by atoms with Crippen molar-refractivity contribution in [3.63, 3.8) is 0 Å². The van der Waals surface area contributed by atoms with Crippen molar-refractivity contribution in [2.24, 2.45) is 48.7 Å². The molecule has 27 heteroatoms. The Labute approximate surface area is 475 Å². The van der Waals surface area contributed by atoms with Crippen LogP contribution in [0.15, 0.2) is 0 Å². The molecule has 6 atom stereocenters. The smallest absolute Gasteiger partial charge is 0.550 e. The molecular formula is C36H39Eu3F9O15. The molecule has 3 rings (SSSR count). The monoisotopic (exact) mass is 1340 g/mol. The molecule has 0 bridgehead atoms. The summed E-state index contributed by atoms with van der Waals surface area (Å²) in [4.78, 5) is 102. The third-order valence-corrected chi connectivity index (χ3v) is 14.7. The molecule has 3 aliphatic rings. The van der Waals surface area contributed by atoms with Gasteiger partial charge in [-0.25, -0.2) is 0 Å². The third-order valence-electron chi connectivity index (χ3n) is 14.7. The number of alkyl halides is 9. The summed E-state index contributed by atoms with van der Waals surface area (Å²) in [6, 6.07) is 0. The predicted molar refractivity (Wildman–Crippen MR) is 164 cm³/mol. The van der Waals surface area contributed by atoms with Crippen LogP contribution in [0.1, 0.15) is 101 Å². The third kappa shape index (κ3) is 10.3. The molecular weight excluding hydrogens is 1300 g/mol. The topological polar surface area (TPSA) is 292 Å². The second kappa shape index (κ2) is 20.9. The van der Waals surface area contributed by atoms with Gasteiger partial charge in [-0.15, -0.1) is 0 Å². The minimum atomic E-state index is -5.39. The Kier molecular flexibility index (Phi) is 22.3. The molecule has 6 unspecified atom stereocenters. The van der Waals surface area contributed by atoms with E-state index in [9.17, 15) is 113 Å². The van der Waals surface area contributed by atoms with Crippen molar-refractivity contribution in [2.45, 2.75) is 119 Å². The molecule has 0 amide bonds. The summed E-state index contributed by atoms with van der Waals surface area (Å²) < 4.78 is 114. The van der Waals surface area contributed by atoms with E-state index in [4.69, 9.17) is 0 Å². The van der Waals surface area contributed by atoms with E-state index < -0.39 is 159 Å². The number of carboxylic acids is 6. The Bertz CT molecular complexity index is 1670. The van der Waals surface area contributed by atoms with E-state index in [1.807, 2.05) is 0 Å². The summed E-state index contributed by atoms with van der Waals surface area (Å²) in [5.41, 5.74) is -20.5. The van der Waals surface area contributed by atoms with Gasteiger partial charge in [0.25, 0.3) is 0 Å². The molecule has 3 saturated carbocycles. The van der Waals surface area contributed by atoms with Gasteiger partial charge in [-0.2, -0.15) is 39.5 Å². The van der Waals surface area contributed by atoms with Gasteiger partial charge >= 0.3 is 167 Å². The molecule has 3 radical (unpaired) electrons. The van der Waals surface area contributed by atoms with Crippen molar-refractivity contribution >= 4 is 53.2 Å². The van der Waals surface area contributed by atoms with Crippen LogP contribution in [0.4, 0.5) is 39.5 Å². The summed E-state index contributed by atoms with van der Waals surface area (Å²) in [6.45, 7) is 9.30. The minimum Gasteiger partial charge on any atom is -0.550 e. The van der Waals surface area contributed by atoms with Crippen molar-refractivity contribution in [2.75, 3.05) is 0 Å². The maximum absolute atomic E-state index is 12.7. The zero-order valence-electron chi connectivity index (χ0n) is 34.4. The van der Waals surface area contributed by atoms with E-state index in [1.165, 1.54) is 0 Å². The van der Waals surface area contributed by atoms with E-state index in [-0.39, 0.29) is 148 Å². The Morgan fingerprint density at radius 1 is 0.317 bits per heavy atom. The van der Waals surface area contributed by atoms with Crippen LogP contribution in [0.3, 0.4) is 0 Å². The molecule has 0 saturated heterocycles. The van der Waals surface area contributed by atoms with E-state index in [1.54, 1.807) is 0 Å². The van der Waals surface area contributed by atoms with Crippen molar-refractivity contribution < 1.29 is 261 Å². The number of rotatable bonds is 9. The first kappa shape index (κ1) is 67.2. The minimum absolute atomic E-state index is 0. The Hall–Kier alpha value is -0.0468. The molecule has 3 fully saturated rings. The summed E-state index contributed by atoms with van der Waals surface area (Å²) in [5.74, 6) is -19.2. The molecule has 0 aromatic heterocycles. The molecule has 3 aliphatic carbocycles. The molecule has 0 aliphatic heterocycles. The summed E-state index contributed by atoms with van der Waals surface area (Å²) in [5, 5.41) is 67.5. The van der Waals surface area contributed by atoms with Crippen molar-refractivity contribution in [3.05, 3.63) is 0 Å². The number of carbonyl (C=O) groups is 9. The molecule has 63 heavy (non-hydrogen) atoms. The van der Waals surface area contributed by atoms with E-state index in [2.05, 4.69) is 0 Å². The summed E-state index contributed by atoms with van der Waals surface area (Å²) >= 11 is 0. The van der Waals surface area contributed by atoms with Gasteiger partial charge in [0.15, 0.2) is 0 Å². The molecule has 0 aromatic carbocycles. The second-order valence-electron chi connectivity index (χ2n) is 17.3. The molecule has 0 aromatic rings. The maximum Gasteiger partial charge on any atom is 2.00 e. The van der Waals surface area contributed by atoms with Gasteiger partial charge in [0.05, 0.1) is 34.2 Å². The van der Waals surface area contributed by atoms with Crippen LogP contribution in [0.2, 0.25) is 0 Å². The number of ketones is 3. The van der Waals surface area contributed by atoms with Crippen LogP contribution in [0.25, 0.3) is 0 Å². The van der Waals surface area contributed by atoms with Gasteiger partial charge in [-0.1, -0.05) is 62.3 Å². The number of aliphatic carboxylic acids is 6. The number of carboxylic acid groups (broad SMARTS) is 6. The van der Waals surface area contributed by atoms with Gasteiger partial charge in [-0.3, -0.25) is 14.4 Å².